The molecule has 0 saturated carbocycles. The van der Waals surface area contributed by atoms with Crippen molar-refractivity contribution in [2.75, 3.05) is 13.1 Å². The smallest absolute Gasteiger partial charge is 0.338 e. The monoisotopic (exact) mass is 544 g/mol. The maximum absolute atomic E-state index is 12.4. The largest absolute Gasteiger partial charge is 0.457 e. The van der Waals surface area contributed by atoms with Crippen molar-refractivity contribution in [2.24, 2.45) is 4.99 Å². The minimum absolute atomic E-state index is 0. The first-order valence-corrected chi connectivity index (χ1v) is 10.5. The zero-order chi connectivity index (χ0) is 21.7. The van der Waals surface area contributed by atoms with Crippen LogP contribution in [-0.2, 0) is 24.3 Å². The molecule has 1 aromatic heterocycles. The number of aliphatic imine (C=N–C) groups is 1. The molecular formula is C25H29IN4O2. The first-order chi connectivity index (χ1) is 15.2. The van der Waals surface area contributed by atoms with Crippen molar-refractivity contribution in [3.05, 3.63) is 101 Å². The lowest BCUT2D eigenvalue weighted by molar-refractivity contribution is 0.0472. The van der Waals surface area contributed by atoms with Gasteiger partial charge in [0.2, 0.25) is 0 Å². The molecule has 0 spiro atoms. The Balaban J connectivity index is 0.00000363. The molecule has 6 nitrogen and oxygen atoms in total. The lowest BCUT2D eigenvalue weighted by atomic mass is 10.1. The molecule has 0 radical (unpaired) electrons. The Labute approximate surface area is 206 Å². The SMILES string of the molecule is CCNC(=NCc1cccc(C(=O)OCc2ccccc2)c1)NCCc1ccccn1.I. The van der Waals surface area contributed by atoms with Crippen LogP contribution in [-0.4, -0.2) is 30.0 Å². The molecule has 0 fully saturated rings. The Morgan fingerprint density at radius 3 is 2.50 bits per heavy atom. The van der Waals surface area contributed by atoms with E-state index < -0.39 is 0 Å². The molecule has 0 bridgehead atoms. The number of hydrogen-bond donors (Lipinski definition) is 2. The number of halogens is 1. The molecule has 2 N–H and O–H groups in total. The number of esters is 1. The lowest BCUT2D eigenvalue weighted by Crippen LogP contribution is -2.38. The third kappa shape index (κ3) is 8.66. The van der Waals surface area contributed by atoms with Gasteiger partial charge in [-0.15, -0.1) is 24.0 Å². The van der Waals surface area contributed by atoms with E-state index in [-0.39, 0.29) is 36.6 Å². The van der Waals surface area contributed by atoms with Crippen LogP contribution in [0.15, 0.2) is 84.0 Å². The number of rotatable bonds is 9. The number of carbonyl (C=O) groups is 1. The van der Waals surface area contributed by atoms with Gasteiger partial charge in [-0.2, -0.15) is 0 Å². The molecule has 2 aromatic carbocycles. The Morgan fingerprint density at radius 1 is 0.969 bits per heavy atom. The minimum atomic E-state index is -0.338. The van der Waals surface area contributed by atoms with Crippen LogP contribution in [0.3, 0.4) is 0 Å². The number of aromatic nitrogens is 1. The normalized spacial score (nSPS) is 10.7. The third-order valence-corrected chi connectivity index (χ3v) is 4.54. The van der Waals surface area contributed by atoms with Crippen molar-refractivity contribution in [1.82, 2.24) is 15.6 Å². The fourth-order valence-corrected chi connectivity index (χ4v) is 2.97. The van der Waals surface area contributed by atoms with Gasteiger partial charge in [-0.25, -0.2) is 9.79 Å². The maximum Gasteiger partial charge on any atom is 0.338 e. The van der Waals surface area contributed by atoms with Crippen LogP contribution in [0.2, 0.25) is 0 Å². The summed E-state index contributed by atoms with van der Waals surface area (Å²) in [6.45, 7) is 4.24. The highest BCUT2D eigenvalue weighted by Gasteiger charge is 2.08. The fraction of sp³-hybridized carbons (Fsp3) is 0.240. The molecule has 0 unspecified atom stereocenters. The quantitative estimate of drug-likeness (QED) is 0.181. The molecule has 7 heteroatoms. The number of benzene rings is 2. The van der Waals surface area contributed by atoms with E-state index in [4.69, 9.17) is 4.74 Å². The van der Waals surface area contributed by atoms with Gasteiger partial charge in [-0.3, -0.25) is 4.98 Å². The van der Waals surface area contributed by atoms with Crippen molar-refractivity contribution >= 4 is 35.9 Å². The highest BCUT2D eigenvalue weighted by Crippen LogP contribution is 2.10. The third-order valence-electron chi connectivity index (χ3n) is 4.54. The van der Waals surface area contributed by atoms with E-state index in [1.807, 2.05) is 73.7 Å². The van der Waals surface area contributed by atoms with E-state index in [0.29, 0.717) is 12.1 Å². The Hall–Kier alpha value is -2.94. The molecular weight excluding hydrogens is 515 g/mol. The molecule has 0 atom stereocenters. The predicted octanol–water partition coefficient (Wildman–Crippen LogP) is 4.35. The highest BCUT2D eigenvalue weighted by molar-refractivity contribution is 14.0. The van der Waals surface area contributed by atoms with E-state index in [1.165, 1.54) is 0 Å². The van der Waals surface area contributed by atoms with E-state index in [2.05, 4.69) is 20.6 Å². The average Bonchev–Trinajstić information content (AvgIpc) is 2.82. The van der Waals surface area contributed by atoms with Gasteiger partial charge in [0.15, 0.2) is 5.96 Å². The van der Waals surface area contributed by atoms with E-state index in [1.54, 1.807) is 12.3 Å². The van der Waals surface area contributed by atoms with Crippen LogP contribution in [0.4, 0.5) is 0 Å². The molecule has 0 saturated heterocycles. The van der Waals surface area contributed by atoms with E-state index >= 15 is 0 Å². The average molecular weight is 544 g/mol. The van der Waals surface area contributed by atoms with Crippen LogP contribution >= 0.6 is 24.0 Å². The summed E-state index contributed by atoms with van der Waals surface area (Å²) in [4.78, 5) is 21.4. The van der Waals surface area contributed by atoms with Gasteiger partial charge in [0.1, 0.15) is 6.61 Å². The molecule has 0 amide bonds. The maximum atomic E-state index is 12.4. The topological polar surface area (TPSA) is 75.6 Å². The van der Waals surface area contributed by atoms with Crippen molar-refractivity contribution in [3.63, 3.8) is 0 Å². The summed E-state index contributed by atoms with van der Waals surface area (Å²) in [7, 11) is 0. The number of carbonyl (C=O) groups excluding carboxylic acids is 1. The Morgan fingerprint density at radius 2 is 1.75 bits per heavy atom. The van der Waals surface area contributed by atoms with Crippen molar-refractivity contribution in [3.8, 4) is 0 Å². The lowest BCUT2D eigenvalue weighted by Gasteiger charge is -2.11. The summed E-state index contributed by atoms with van der Waals surface area (Å²) in [5, 5.41) is 6.56. The van der Waals surface area contributed by atoms with Crippen LogP contribution < -0.4 is 10.6 Å². The number of nitrogens with zero attached hydrogens (tertiary/aromatic N) is 2. The first kappa shape index (κ1) is 25.3. The summed E-state index contributed by atoms with van der Waals surface area (Å²) in [6.07, 6.45) is 2.61. The minimum Gasteiger partial charge on any atom is -0.457 e. The van der Waals surface area contributed by atoms with Gasteiger partial charge in [-0.1, -0.05) is 48.5 Å². The second-order valence-electron chi connectivity index (χ2n) is 6.96. The molecule has 3 aromatic rings. The second-order valence-corrected chi connectivity index (χ2v) is 6.96. The summed E-state index contributed by atoms with van der Waals surface area (Å²) in [6, 6.07) is 22.9. The van der Waals surface area contributed by atoms with Gasteiger partial charge >= 0.3 is 5.97 Å². The fourth-order valence-electron chi connectivity index (χ4n) is 2.97. The number of hydrogen-bond acceptors (Lipinski definition) is 4. The molecule has 0 aliphatic rings. The van der Waals surface area contributed by atoms with Gasteiger partial charge < -0.3 is 15.4 Å². The van der Waals surface area contributed by atoms with Crippen LogP contribution in [0.1, 0.15) is 34.1 Å². The molecule has 3 rings (SSSR count). The molecule has 168 valence electrons. The van der Waals surface area contributed by atoms with Crippen molar-refractivity contribution in [1.29, 1.82) is 0 Å². The van der Waals surface area contributed by atoms with Crippen LogP contribution in [0, 0.1) is 0 Å². The summed E-state index contributed by atoms with van der Waals surface area (Å²) in [5.74, 6) is 0.394. The van der Waals surface area contributed by atoms with Gasteiger partial charge in [0, 0.05) is 31.4 Å². The zero-order valence-electron chi connectivity index (χ0n) is 18.2. The van der Waals surface area contributed by atoms with Gasteiger partial charge in [0.25, 0.3) is 0 Å². The van der Waals surface area contributed by atoms with E-state index in [9.17, 15) is 4.79 Å². The number of nitrogens with one attached hydrogen (secondary N) is 2. The van der Waals surface area contributed by atoms with Crippen molar-refractivity contribution in [2.45, 2.75) is 26.5 Å². The van der Waals surface area contributed by atoms with Gasteiger partial charge in [-0.05, 0) is 42.3 Å². The van der Waals surface area contributed by atoms with Gasteiger partial charge in [0.05, 0.1) is 12.1 Å². The zero-order valence-corrected chi connectivity index (χ0v) is 20.5. The summed E-state index contributed by atoms with van der Waals surface area (Å²) in [5.41, 5.74) is 3.46. The standard InChI is InChI=1S/C25H28N4O2.HI/c1-2-26-25(28-16-14-23-13-6-7-15-27-23)29-18-21-11-8-12-22(17-21)24(30)31-19-20-9-4-3-5-10-20;/h3-13,15,17H,2,14,16,18-19H2,1H3,(H2,26,28,29);1H. The summed E-state index contributed by atoms with van der Waals surface area (Å²) < 4.78 is 5.42. The molecule has 0 aliphatic heterocycles. The molecule has 0 aliphatic carbocycles. The molecule has 32 heavy (non-hydrogen) atoms. The molecule has 1 heterocycles. The Kier molecular flexibility index (Phi) is 11.2. The second kappa shape index (κ2) is 14.2. The van der Waals surface area contributed by atoms with Crippen LogP contribution in [0.25, 0.3) is 0 Å². The summed E-state index contributed by atoms with van der Waals surface area (Å²) >= 11 is 0. The van der Waals surface area contributed by atoms with E-state index in [0.717, 1.165) is 42.3 Å². The number of guanidine groups is 1. The predicted molar refractivity (Wildman–Crippen MR) is 138 cm³/mol. The van der Waals surface area contributed by atoms with Crippen LogP contribution in [0.5, 0.6) is 0 Å². The van der Waals surface area contributed by atoms with Crippen molar-refractivity contribution < 1.29 is 9.53 Å². The number of pyridine rings is 1. The highest BCUT2D eigenvalue weighted by atomic mass is 127. The Bertz CT molecular complexity index is 982. The number of ether oxygens (including phenoxy) is 1. The first-order valence-electron chi connectivity index (χ1n) is 10.5.